The Hall–Kier alpha value is -2.48. The highest BCUT2D eigenvalue weighted by molar-refractivity contribution is 7.84. The second-order valence-corrected chi connectivity index (χ2v) is 12.0. The number of carbonyl (C=O) groups excluding carboxylic acids is 1. The molecule has 3 heterocycles. The highest BCUT2D eigenvalue weighted by Gasteiger charge is 2.30. The molecule has 3 N–H and O–H groups in total. The van der Waals surface area contributed by atoms with Gasteiger partial charge in [0, 0.05) is 17.8 Å². The second-order valence-electron chi connectivity index (χ2n) is 9.10. The van der Waals surface area contributed by atoms with Crippen LogP contribution in [0.25, 0.3) is 0 Å². The summed E-state index contributed by atoms with van der Waals surface area (Å²) in [5, 5.41) is 8.21. The third-order valence-corrected chi connectivity index (χ3v) is 8.43. The Morgan fingerprint density at radius 1 is 1.30 bits per heavy atom. The smallest absolute Gasteiger partial charge is 0.333 e. The minimum atomic E-state index is -3.99. The van der Waals surface area contributed by atoms with Gasteiger partial charge >= 0.3 is 10.3 Å². The predicted octanol–water partition coefficient (Wildman–Crippen LogP) is 4.02. The lowest BCUT2D eigenvalue weighted by molar-refractivity contribution is 0.0698. The fourth-order valence-electron chi connectivity index (χ4n) is 4.83. The van der Waals surface area contributed by atoms with Crippen LogP contribution in [0.5, 0.6) is 0 Å². The number of anilines is 1. The van der Waals surface area contributed by atoms with Gasteiger partial charge in [-0.3, -0.25) is 8.98 Å². The molecule has 196 valence electrons. The van der Waals surface area contributed by atoms with Crippen LogP contribution in [-0.4, -0.2) is 43.4 Å². The van der Waals surface area contributed by atoms with Crippen LogP contribution in [-0.2, 0) is 25.6 Å². The van der Waals surface area contributed by atoms with Gasteiger partial charge in [-0.05, 0) is 60.9 Å². The summed E-state index contributed by atoms with van der Waals surface area (Å²) in [6.45, 7) is 0.475. The maximum Gasteiger partial charge on any atom is 0.333 e. The first-order valence-corrected chi connectivity index (χ1v) is 14.3. The maximum atomic E-state index is 14.0. The van der Waals surface area contributed by atoms with Crippen molar-refractivity contribution in [2.75, 3.05) is 18.5 Å². The van der Waals surface area contributed by atoms with Crippen LogP contribution >= 0.6 is 22.9 Å². The normalized spacial score (nSPS) is 21.5. The average molecular weight is 567 g/mol. The predicted molar refractivity (Wildman–Crippen MR) is 137 cm³/mol. The number of ether oxygens (including phenoxy) is 1. The van der Waals surface area contributed by atoms with E-state index in [0.717, 1.165) is 29.7 Å². The molecule has 0 radical (unpaired) electrons. The van der Waals surface area contributed by atoms with Crippen molar-refractivity contribution in [1.82, 2.24) is 9.97 Å². The van der Waals surface area contributed by atoms with Gasteiger partial charge in [0.05, 0.1) is 28.0 Å². The van der Waals surface area contributed by atoms with E-state index in [9.17, 15) is 17.6 Å². The SMILES string of the molecule is NS(=O)(=O)OC[C@@H]1CCC(Nc2ncncc2C(=O)c2cc(C3OCCc4ccc(F)cc43)c(Cl)s2)C1. The molecule has 1 fully saturated rings. The number of benzene rings is 1. The molecule has 37 heavy (non-hydrogen) atoms. The van der Waals surface area contributed by atoms with E-state index in [-0.39, 0.29) is 35.7 Å². The molecule has 1 aliphatic carbocycles. The number of fused-ring (bicyclic) bond motifs is 1. The topological polar surface area (TPSA) is 134 Å². The zero-order chi connectivity index (χ0) is 26.2. The van der Waals surface area contributed by atoms with Gasteiger partial charge in [0.25, 0.3) is 0 Å². The van der Waals surface area contributed by atoms with Crippen molar-refractivity contribution in [3.05, 3.63) is 74.1 Å². The number of nitrogens with zero attached hydrogens (tertiary/aromatic N) is 2. The number of hydrogen-bond donors (Lipinski definition) is 2. The van der Waals surface area contributed by atoms with Crippen molar-refractivity contribution in [3.63, 3.8) is 0 Å². The molecule has 1 saturated carbocycles. The summed E-state index contributed by atoms with van der Waals surface area (Å²) in [7, 11) is -3.99. The molecule has 3 aromatic rings. The second kappa shape index (κ2) is 10.7. The van der Waals surface area contributed by atoms with Gasteiger partial charge in [-0.2, -0.15) is 8.42 Å². The van der Waals surface area contributed by atoms with Crippen molar-refractivity contribution in [3.8, 4) is 0 Å². The van der Waals surface area contributed by atoms with Gasteiger partial charge in [-0.1, -0.05) is 17.7 Å². The molecule has 1 aromatic carbocycles. The van der Waals surface area contributed by atoms with Gasteiger partial charge in [0.1, 0.15) is 24.1 Å². The maximum absolute atomic E-state index is 14.0. The molecule has 2 aromatic heterocycles. The molecule has 0 saturated heterocycles. The minimum Gasteiger partial charge on any atom is -0.368 e. The van der Waals surface area contributed by atoms with E-state index < -0.39 is 16.4 Å². The zero-order valence-corrected chi connectivity index (χ0v) is 21.9. The van der Waals surface area contributed by atoms with Gasteiger partial charge in [-0.15, -0.1) is 11.3 Å². The molecule has 2 unspecified atom stereocenters. The van der Waals surface area contributed by atoms with Crippen LogP contribution in [0, 0.1) is 11.7 Å². The van der Waals surface area contributed by atoms with Crippen LogP contribution in [0.4, 0.5) is 10.2 Å². The number of halogens is 2. The fourth-order valence-corrected chi connectivity index (χ4v) is 6.48. The van der Waals surface area contributed by atoms with E-state index in [1.54, 1.807) is 12.1 Å². The Morgan fingerprint density at radius 2 is 2.14 bits per heavy atom. The Labute approximate surface area is 222 Å². The molecule has 0 amide bonds. The molecular weight excluding hydrogens is 543 g/mol. The monoisotopic (exact) mass is 566 g/mol. The van der Waals surface area contributed by atoms with Crippen molar-refractivity contribution in [2.45, 2.75) is 37.8 Å². The van der Waals surface area contributed by atoms with Crippen LogP contribution in [0.3, 0.4) is 0 Å². The third-order valence-electron chi connectivity index (χ3n) is 6.57. The summed E-state index contributed by atoms with van der Waals surface area (Å²) in [6.07, 6.45) is 5.04. The Kier molecular flexibility index (Phi) is 7.57. The lowest BCUT2D eigenvalue weighted by Gasteiger charge is -2.26. The molecule has 0 bridgehead atoms. The molecule has 9 nitrogen and oxygen atoms in total. The highest BCUT2D eigenvalue weighted by atomic mass is 35.5. The molecular formula is C24H24ClFN4O5S2. The summed E-state index contributed by atoms with van der Waals surface area (Å²) in [4.78, 5) is 22.2. The van der Waals surface area contributed by atoms with Gasteiger partial charge in [0.2, 0.25) is 5.78 Å². The summed E-state index contributed by atoms with van der Waals surface area (Å²) < 4.78 is 47.2. The van der Waals surface area contributed by atoms with Crippen LogP contribution in [0.1, 0.15) is 57.3 Å². The highest BCUT2D eigenvalue weighted by Crippen LogP contribution is 2.41. The summed E-state index contributed by atoms with van der Waals surface area (Å²) in [5.41, 5.74) is 2.59. The molecule has 3 atom stereocenters. The van der Waals surface area contributed by atoms with Gasteiger partial charge in [0.15, 0.2) is 0 Å². The molecule has 2 aliphatic rings. The number of nitrogens with one attached hydrogen (secondary N) is 1. The number of nitrogens with two attached hydrogens (primary N) is 1. The van der Waals surface area contributed by atoms with Crippen LogP contribution in [0.15, 0.2) is 36.8 Å². The van der Waals surface area contributed by atoms with Crippen molar-refractivity contribution < 1.29 is 26.5 Å². The zero-order valence-electron chi connectivity index (χ0n) is 19.5. The van der Waals surface area contributed by atoms with E-state index in [0.29, 0.717) is 45.6 Å². The molecule has 1 aliphatic heterocycles. The molecule has 13 heteroatoms. The Bertz CT molecular complexity index is 1430. The quantitative estimate of drug-likeness (QED) is 0.390. The first-order valence-electron chi connectivity index (χ1n) is 11.7. The summed E-state index contributed by atoms with van der Waals surface area (Å²) in [6, 6.07) is 6.28. The van der Waals surface area contributed by atoms with E-state index in [2.05, 4.69) is 15.3 Å². The Balaban J connectivity index is 1.34. The number of hydrogen-bond acceptors (Lipinski definition) is 9. The largest absolute Gasteiger partial charge is 0.368 e. The van der Waals surface area contributed by atoms with Gasteiger partial charge < -0.3 is 10.1 Å². The van der Waals surface area contributed by atoms with Crippen LogP contribution < -0.4 is 10.5 Å². The first-order chi connectivity index (χ1) is 17.7. The van der Waals surface area contributed by atoms with Crippen LogP contribution in [0.2, 0.25) is 4.34 Å². The molecule has 0 spiro atoms. The number of aromatic nitrogens is 2. The lowest BCUT2D eigenvalue weighted by Crippen LogP contribution is -2.22. The van der Waals surface area contributed by atoms with E-state index >= 15 is 0 Å². The average Bonchev–Trinajstić information content (AvgIpc) is 3.48. The lowest BCUT2D eigenvalue weighted by atomic mass is 9.94. The third kappa shape index (κ3) is 6.00. The van der Waals surface area contributed by atoms with E-state index in [4.69, 9.17) is 25.7 Å². The minimum absolute atomic E-state index is 0.0127. The summed E-state index contributed by atoms with van der Waals surface area (Å²) >= 11 is 7.68. The Morgan fingerprint density at radius 3 is 2.95 bits per heavy atom. The fraction of sp³-hybridized carbons (Fsp3) is 0.375. The standard InChI is InChI=1S/C24H24ClFN4O5S2/c25-23-18(22-17-8-15(26)3-2-14(17)5-6-34-22)9-20(36-23)21(31)19-10-28-12-29-24(19)30-16-4-1-13(7-16)11-35-37(27,32)33/h2-3,8-10,12-13,16,22H,1,4-7,11H2,(H2,27,32,33)(H,28,29,30)/t13-,16?,22?/m1/s1. The molecule has 5 rings (SSSR count). The van der Waals surface area contributed by atoms with E-state index in [1.807, 2.05) is 0 Å². The number of rotatable bonds is 8. The summed E-state index contributed by atoms with van der Waals surface area (Å²) in [5.74, 6) is -0.271. The van der Waals surface area contributed by atoms with Crippen molar-refractivity contribution >= 4 is 44.8 Å². The first kappa shape index (κ1) is 26.1. The van der Waals surface area contributed by atoms with E-state index in [1.165, 1.54) is 24.7 Å². The van der Waals surface area contributed by atoms with Gasteiger partial charge in [-0.25, -0.2) is 19.5 Å². The van der Waals surface area contributed by atoms with Crippen molar-refractivity contribution in [2.24, 2.45) is 11.1 Å². The number of thiophene rings is 1. The number of ketones is 1. The van der Waals surface area contributed by atoms with Crippen molar-refractivity contribution in [1.29, 1.82) is 0 Å². The number of carbonyl (C=O) groups is 1.